The van der Waals surface area contributed by atoms with Gasteiger partial charge in [-0.1, -0.05) is 172 Å². The van der Waals surface area contributed by atoms with E-state index in [1.165, 1.54) is 10.4 Å². The predicted octanol–water partition coefficient (Wildman–Crippen LogP) is 7.50. The first-order chi connectivity index (χ1) is 22.3. The highest BCUT2D eigenvalue weighted by Gasteiger charge is 2.51. The summed E-state index contributed by atoms with van der Waals surface area (Å²) in [5.41, 5.74) is 2.18. The number of esters is 1. The maximum atomic E-state index is 13.4. The summed E-state index contributed by atoms with van der Waals surface area (Å²) in [6.07, 6.45) is 0.140. The number of cyclic esters (lactones) is 1. The van der Waals surface area contributed by atoms with Gasteiger partial charge in [-0.2, -0.15) is 0 Å². The number of benzene rings is 5. The highest BCUT2D eigenvalue weighted by Crippen LogP contribution is 2.42. The molecule has 0 aromatic heterocycles. The van der Waals surface area contributed by atoms with Gasteiger partial charge in [0.05, 0.1) is 12.5 Å². The molecule has 5 aromatic rings. The zero-order valence-corrected chi connectivity index (χ0v) is 27.8. The lowest BCUT2D eigenvalue weighted by atomic mass is 9.80. The standard InChI is InChI=1S/C41H42O4Si/c1-40(2,3)46(37-25-15-7-16-26-37,38-27-17-8-18-28-38)44-30-32-29-36(45-39(32)42)31-43-41(33-19-9-4-10-20-33,34-21-11-5-12-22-34)35-23-13-6-14-24-35/h4-28,32,36H,29-31H2,1-3H3/t32-,36-/m0/s1. The number of ether oxygens (including phenoxy) is 2. The minimum Gasteiger partial charge on any atom is -0.460 e. The van der Waals surface area contributed by atoms with Gasteiger partial charge < -0.3 is 13.9 Å². The molecule has 0 aliphatic carbocycles. The molecule has 0 amide bonds. The summed E-state index contributed by atoms with van der Waals surface area (Å²) in [7, 11) is -2.79. The molecule has 1 saturated heterocycles. The fourth-order valence-corrected chi connectivity index (χ4v) is 11.5. The Morgan fingerprint density at radius 1 is 0.609 bits per heavy atom. The van der Waals surface area contributed by atoms with Crippen molar-refractivity contribution in [2.24, 2.45) is 5.92 Å². The summed E-state index contributed by atoms with van der Waals surface area (Å²) in [5.74, 6) is -0.605. The molecule has 1 aliphatic heterocycles. The Hall–Kier alpha value is -4.29. The zero-order chi connectivity index (χ0) is 32.0. The summed E-state index contributed by atoms with van der Waals surface area (Å²) >= 11 is 0. The zero-order valence-electron chi connectivity index (χ0n) is 26.8. The second kappa shape index (κ2) is 13.6. The van der Waals surface area contributed by atoms with E-state index in [1.807, 2.05) is 66.7 Å². The van der Waals surface area contributed by atoms with Crippen LogP contribution in [0.4, 0.5) is 0 Å². The van der Waals surface area contributed by atoms with Crippen molar-refractivity contribution in [1.29, 1.82) is 0 Å². The number of hydrogen-bond donors (Lipinski definition) is 0. The van der Waals surface area contributed by atoms with Crippen molar-refractivity contribution < 1.29 is 18.7 Å². The molecule has 1 fully saturated rings. The van der Waals surface area contributed by atoms with E-state index in [2.05, 4.69) is 106 Å². The SMILES string of the molecule is CC(C)(C)[Si](OC[C@@H]1C[C@@H](COC(c2ccccc2)(c2ccccc2)c2ccccc2)OC1=O)(c1ccccc1)c1ccccc1. The summed E-state index contributed by atoms with van der Waals surface area (Å²) < 4.78 is 20.1. The van der Waals surface area contributed by atoms with Crippen molar-refractivity contribution in [2.75, 3.05) is 13.2 Å². The first-order valence-electron chi connectivity index (χ1n) is 16.1. The minimum absolute atomic E-state index is 0.179. The third-order valence-electron chi connectivity index (χ3n) is 9.11. The van der Waals surface area contributed by atoms with Crippen molar-refractivity contribution in [3.8, 4) is 0 Å². The average Bonchev–Trinajstić information content (AvgIpc) is 3.46. The molecule has 1 heterocycles. The van der Waals surface area contributed by atoms with Gasteiger partial charge in [-0.05, 0) is 32.1 Å². The molecular weight excluding hydrogens is 585 g/mol. The summed E-state index contributed by atoms with van der Waals surface area (Å²) in [6, 6.07) is 51.9. The molecular formula is C41H42O4Si. The van der Waals surface area contributed by atoms with Crippen molar-refractivity contribution in [1.82, 2.24) is 0 Å². The molecule has 5 aromatic carbocycles. The molecule has 2 atom stereocenters. The first-order valence-corrected chi connectivity index (χ1v) is 18.0. The number of carbonyl (C=O) groups is 1. The monoisotopic (exact) mass is 626 g/mol. The Morgan fingerprint density at radius 2 is 1.00 bits per heavy atom. The van der Waals surface area contributed by atoms with Gasteiger partial charge in [-0.3, -0.25) is 4.79 Å². The van der Waals surface area contributed by atoms with Gasteiger partial charge >= 0.3 is 5.97 Å². The van der Waals surface area contributed by atoms with E-state index in [9.17, 15) is 4.79 Å². The molecule has 234 valence electrons. The largest absolute Gasteiger partial charge is 0.460 e. The van der Waals surface area contributed by atoms with E-state index in [1.54, 1.807) is 0 Å². The summed E-state index contributed by atoms with van der Waals surface area (Å²) in [5, 5.41) is 2.21. The fraction of sp³-hybridized carbons (Fsp3) is 0.244. The smallest absolute Gasteiger partial charge is 0.311 e. The van der Waals surface area contributed by atoms with Gasteiger partial charge in [0, 0.05) is 13.0 Å². The Kier molecular flexibility index (Phi) is 9.36. The van der Waals surface area contributed by atoms with E-state index in [0.717, 1.165) is 16.7 Å². The molecule has 0 saturated carbocycles. The normalized spacial score (nSPS) is 17.1. The van der Waals surface area contributed by atoms with Crippen LogP contribution in [0.1, 0.15) is 43.9 Å². The van der Waals surface area contributed by atoms with E-state index in [0.29, 0.717) is 13.0 Å². The Labute approximate surface area is 274 Å². The Balaban J connectivity index is 1.27. The second-order valence-electron chi connectivity index (χ2n) is 13.1. The molecule has 1 aliphatic rings. The summed E-state index contributed by atoms with van der Waals surface area (Å²) in [6.45, 7) is 7.29. The Morgan fingerprint density at radius 3 is 1.39 bits per heavy atom. The lowest BCUT2D eigenvalue weighted by molar-refractivity contribution is -0.148. The topological polar surface area (TPSA) is 44.8 Å². The van der Waals surface area contributed by atoms with Gasteiger partial charge in [-0.15, -0.1) is 0 Å². The molecule has 0 bridgehead atoms. The third-order valence-corrected chi connectivity index (χ3v) is 14.1. The van der Waals surface area contributed by atoms with Crippen molar-refractivity contribution in [3.63, 3.8) is 0 Å². The van der Waals surface area contributed by atoms with Crippen LogP contribution in [0.3, 0.4) is 0 Å². The number of rotatable bonds is 11. The predicted molar refractivity (Wildman–Crippen MR) is 187 cm³/mol. The fourth-order valence-electron chi connectivity index (χ4n) is 6.93. The third kappa shape index (κ3) is 6.11. The van der Waals surface area contributed by atoms with Crippen molar-refractivity contribution in [2.45, 2.75) is 43.9 Å². The highest BCUT2D eigenvalue weighted by atomic mass is 28.4. The molecule has 0 radical (unpaired) electrons. The van der Waals surface area contributed by atoms with Gasteiger partial charge in [0.25, 0.3) is 8.32 Å². The van der Waals surface area contributed by atoms with Crippen LogP contribution in [-0.2, 0) is 24.3 Å². The van der Waals surface area contributed by atoms with E-state index in [-0.39, 0.29) is 23.5 Å². The van der Waals surface area contributed by atoms with Gasteiger partial charge in [-0.25, -0.2) is 0 Å². The van der Waals surface area contributed by atoms with Crippen molar-refractivity contribution in [3.05, 3.63) is 168 Å². The van der Waals surface area contributed by atoms with Crippen LogP contribution in [0.25, 0.3) is 0 Å². The first kappa shape index (κ1) is 31.7. The number of hydrogen-bond acceptors (Lipinski definition) is 4. The van der Waals surface area contributed by atoms with Crippen LogP contribution in [0.2, 0.25) is 5.04 Å². The van der Waals surface area contributed by atoms with Crippen LogP contribution in [0.15, 0.2) is 152 Å². The van der Waals surface area contributed by atoms with Crippen LogP contribution in [-0.4, -0.2) is 33.6 Å². The molecule has 0 unspecified atom stereocenters. The second-order valence-corrected chi connectivity index (χ2v) is 17.4. The van der Waals surface area contributed by atoms with Gasteiger partial charge in [0.2, 0.25) is 0 Å². The van der Waals surface area contributed by atoms with Gasteiger partial charge in [0.15, 0.2) is 0 Å². The highest BCUT2D eigenvalue weighted by molar-refractivity contribution is 6.99. The van der Waals surface area contributed by atoms with Crippen LogP contribution >= 0.6 is 0 Å². The van der Waals surface area contributed by atoms with E-state index >= 15 is 0 Å². The van der Waals surface area contributed by atoms with Crippen LogP contribution in [0, 0.1) is 5.92 Å². The lowest BCUT2D eigenvalue weighted by Crippen LogP contribution is -2.67. The minimum atomic E-state index is -2.79. The quantitative estimate of drug-likeness (QED) is 0.0865. The Bertz CT molecular complexity index is 1550. The molecule has 0 spiro atoms. The molecule has 0 N–H and O–H groups in total. The van der Waals surface area contributed by atoms with Crippen molar-refractivity contribution >= 4 is 24.7 Å². The molecule has 46 heavy (non-hydrogen) atoms. The lowest BCUT2D eigenvalue weighted by Gasteiger charge is -2.43. The van der Waals surface area contributed by atoms with Crippen LogP contribution in [0.5, 0.6) is 0 Å². The molecule has 5 heteroatoms. The van der Waals surface area contributed by atoms with E-state index in [4.69, 9.17) is 13.9 Å². The van der Waals surface area contributed by atoms with Crippen LogP contribution < -0.4 is 10.4 Å². The maximum Gasteiger partial charge on any atom is 0.311 e. The average molecular weight is 627 g/mol. The summed E-state index contributed by atoms with van der Waals surface area (Å²) in [4.78, 5) is 13.4. The molecule has 6 rings (SSSR count). The molecule has 4 nitrogen and oxygen atoms in total. The number of carbonyl (C=O) groups excluding carboxylic acids is 1. The maximum absolute atomic E-state index is 13.4. The van der Waals surface area contributed by atoms with Gasteiger partial charge in [0.1, 0.15) is 11.7 Å². The van der Waals surface area contributed by atoms with E-state index < -0.39 is 20.0 Å².